The first-order valence-electron chi connectivity index (χ1n) is 7.21. The van der Waals surface area contributed by atoms with Gasteiger partial charge in [-0.3, -0.25) is 0 Å². The van der Waals surface area contributed by atoms with Gasteiger partial charge in [-0.15, -0.1) is 0 Å². The predicted octanol–water partition coefficient (Wildman–Crippen LogP) is 0.160. The fourth-order valence-electron chi connectivity index (χ4n) is 2.55. The first-order chi connectivity index (χ1) is 11.1. The number of aromatic nitrogens is 2. The van der Waals surface area contributed by atoms with Gasteiger partial charge < -0.3 is 24.4 Å². The number of morpholine rings is 1. The maximum atomic E-state index is 9.64. The molecule has 7 nitrogen and oxygen atoms in total. The monoisotopic (exact) mass is 381 g/mol. The topological polar surface area (TPSA) is 80.0 Å². The lowest BCUT2D eigenvalue weighted by Gasteiger charge is -2.27. The number of rotatable bonds is 4. The maximum absolute atomic E-state index is 9.64. The molecule has 2 N–H and O–H groups in total. The molecule has 1 aromatic heterocycles. The third-order valence-electron chi connectivity index (χ3n) is 3.77. The summed E-state index contributed by atoms with van der Waals surface area (Å²) in [6.45, 7) is 3.01. The van der Waals surface area contributed by atoms with Crippen LogP contribution in [0.5, 0.6) is 5.75 Å². The van der Waals surface area contributed by atoms with Crippen LogP contribution in [0.3, 0.4) is 0 Å². The Bertz CT molecular complexity index is 689. The van der Waals surface area contributed by atoms with Crippen molar-refractivity contribution in [3.05, 3.63) is 29.0 Å². The highest BCUT2D eigenvalue weighted by atomic mass is 79.9. The molecule has 1 aliphatic rings. The number of hydrogen-bond donors (Lipinski definition) is 2. The second kappa shape index (κ2) is 6.92. The Morgan fingerprint density at radius 2 is 2.04 bits per heavy atom. The summed E-state index contributed by atoms with van der Waals surface area (Å²) in [5.74, 6) is 0.591. The minimum Gasteiger partial charge on any atom is -0.495 e. The smallest absolute Gasteiger partial charge is 0.490 e. The average molecular weight is 382 g/mol. The number of nitrogens with zero attached hydrogens (tertiary/aromatic N) is 3. The van der Waals surface area contributed by atoms with Crippen LogP contribution in [0.1, 0.15) is 0 Å². The molecule has 1 fully saturated rings. The molecule has 1 saturated heterocycles. The van der Waals surface area contributed by atoms with Crippen LogP contribution in [-0.2, 0) is 4.74 Å². The van der Waals surface area contributed by atoms with E-state index in [1.165, 1.54) is 0 Å². The summed E-state index contributed by atoms with van der Waals surface area (Å²) in [4.78, 5) is 2.18. The molecular weight excluding hydrogens is 365 g/mol. The second-order valence-corrected chi connectivity index (χ2v) is 6.02. The number of anilines is 1. The molecule has 1 aromatic carbocycles. The van der Waals surface area contributed by atoms with Crippen LogP contribution in [0.15, 0.2) is 29.0 Å². The predicted molar refractivity (Wildman–Crippen MR) is 90.7 cm³/mol. The van der Waals surface area contributed by atoms with E-state index in [-0.39, 0.29) is 0 Å². The first kappa shape index (κ1) is 16.3. The van der Waals surface area contributed by atoms with Crippen molar-refractivity contribution in [1.82, 2.24) is 9.78 Å². The summed E-state index contributed by atoms with van der Waals surface area (Å²) in [7, 11) is -0.0514. The van der Waals surface area contributed by atoms with Crippen molar-refractivity contribution < 1.29 is 19.5 Å². The van der Waals surface area contributed by atoms with E-state index in [2.05, 4.69) is 25.9 Å². The third-order valence-corrected chi connectivity index (χ3v) is 4.39. The van der Waals surface area contributed by atoms with Gasteiger partial charge in [0.2, 0.25) is 0 Å². The van der Waals surface area contributed by atoms with E-state index in [0.29, 0.717) is 34.6 Å². The fraction of sp³-hybridized carbons (Fsp3) is 0.357. The minimum atomic E-state index is -1.61. The van der Waals surface area contributed by atoms with Gasteiger partial charge in [0.1, 0.15) is 5.75 Å². The van der Waals surface area contributed by atoms with Gasteiger partial charge in [-0.05, 0) is 22.0 Å². The highest BCUT2D eigenvalue weighted by Gasteiger charge is 2.21. The van der Waals surface area contributed by atoms with Gasteiger partial charge in [-0.2, -0.15) is 5.10 Å². The molecule has 23 heavy (non-hydrogen) atoms. The Labute approximate surface area is 142 Å². The maximum Gasteiger partial charge on any atom is 0.490 e. The molecule has 0 atom stereocenters. The second-order valence-electron chi connectivity index (χ2n) is 5.16. The quantitative estimate of drug-likeness (QED) is 0.734. The Kier molecular flexibility index (Phi) is 4.91. The molecular formula is C14H17BBrN3O4. The van der Waals surface area contributed by atoms with Gasteiger partial charge in [0.05, 0.1) is 48.6 Å². The molecule has 0 amide bonds. The van der Waals surface area contributed by atoms with Gasteiger partial charge in [0, 0.05) is 24.6 Å². The molecule has 0 radical (unpaired) electrons. The standard InChI is InChI=1S/C14H17BBrN3O4/c1-22-14-7-13(11(15(20)21)6-12(14)16)19-9-10(8-17-19)18-2-4-23-5-3-18/h6-9,20-21H,2-5H2,1H3. The van der Waals surface area contributed by atoms with Gasteiger partial charge in [-0.25, -0.2) is 4.68 Å². The highest BCUT2D eigenvalue weighted by Crippen LogP contribution is 2.27. The Morgan fingerprint density at radius 1 is 1.30 bits per heavy atom. The first-order valence-corrected chi connectivity index (χ1v) is 8.00. The van der Waals surface area contributed by atoms with Crippen LogP contribution in [0.4, 0.5) is 5.69 Å². The van der Waals surface area contributed by atoms with Crippen LogP contribution >= 0.6 is 15.9 Å². The lowest BCUT2D eigenvalue weighted by atomic mass is 9.79. The summed E-state index contributed by atoms with van der Waals surface area (Å²) in [5.41, 5.74) is 1.86. The molecule has 2 heterocycles. The molecule has 0 aliphatic carbocycles. The number of ether oxygens (including phenoxy) is 2. The molecule has 0 bridgehead atoms. The summed E-state index contributed by atoms with van der Waals surface area (Å²) in [5, 5.41) is 23.6. The lowest BCUT2D eigenvalue weighted by molar-refractivity contribution is 0.122. The van der Waals surface area contributed by atoms with Gasteiger partial charge in [0.15, 0.2) is 0 Å². The zero-order valence-corrected chi connectivity index (χ0v) is 14.2. The van der Waals surface area contributed by atoms with Crippen molar-refractivity contribution >= 4 is 34.2 Å². The summed E-state index contributed by atoms with van der Waals surface area (Å²) in [6.07, 6.45) is 3.62. The molecule has 3 rings (SSSR count). The Hall–Kier alpha value is -1.55. The van der Waals surface area contributed by atoms with E-state index in [4.69, 9.17) is 9.47 Å². The Balaban J connectivity index is 1.98. The van der Waals surface area contributed by atoms with Crippen LogP contribution in [0.2, 0.25) is 0 Å². The van der Waals surface area contributed by atoms with E-state index in [1.807, 2.05) is 6.20 Å². The highest BCUT2D eigenvalue weighted by molar-refractivity contribution is 9.10. The molecule has 1 aliphatic heterocycles. The number of benzene rings is 1. The van der Waals surface area contributed by atoms with Crippen molar-refractivity contribution in [2.75, 3.05) is 38.3 Å². The van der Waals surface area contributed by atoms with Crippen molar-refractivity contribution in [1.29, 1.82) is 0 Å². The van der Waals surface area contributed by atoms with E-state index in [1.54, 1.807) is 30.1 Å². The summed E-state index contributed by atoms with van der Waals surface area (Å²) in [6, 6.07) is 3.34. The van der Waals surface area contributed by atoms with Crippen LogP contribution in [0, 0.1) is 0 Å². The minimum absolute atomic E-state index is 0.342. The zero-order chi connectivity index (χ0) is 16.4. The third kappa shape index (κ3) is 3.37. The van der Waals surface area contributed by atoms with Crippen molar-refractivity contribution in [2.24, 2.45) is 0 Å². The lowest BCUT2D eigenvalue weighted by Crippen LogP contribution is -2.36. The molecule has 122 valence electrons. The number of halogens is 1. The summed E-state index contributed by atoms with van der Waals surface area (Å²) < 4.78 is 12.9. The van der Waals surface area contributed by atoms with Crippen LogP contribution in [-0.4, -0.2) is 60.4 Å². The van der Waals surface area contributed by atoms with Crippen LogP contribution in [0.25, 0.3) is 5.69 Å². The van der Waals surface area contributed by atoms with E-state index >= 15 is 0 Å². The normalized spacial score (nSPS) is 14.9. The van der Waals surface area contributed by atoms with Crippen molar-refractivity contribution in [3.8, 4) is 11.4 Å². The van der Waals surface area contributed by atoms with Crippen LogP contribution < -0.4 is 15.1 Å². The molecule has 0 spiro atoms. The van der Waals surface area contributed by atoms with E-state index in [9.17, 15) is 10.0 Å². The Morgan fingerprint density at radius 3 is 2.70 bits per heavy atom. The zero-order valence-electron chi connectivity index (χ0n) is 12.6. The van der Waals surface area contributed by atoms with Gasteiger partial charge in [-0.1, -0.05) is 0 Å². The SMILES string of the molecule is COc1cc(-n2cc(N3CCOCC3)cn2)c(B(O)O)cc1Br. The van der Waals surface area contributed by atoms with E-state index < -0.39 is 7.12 Å². The molecule has 0 saturated carbocycles. The van der Waals surface area contributed by atoms with Gasteiger partial charge in [0.25, 0.3) is 0 Å². The molecule has 2 aromatic rings. The molecule has 9 heteroatoms. The van der Waals surface area contributed by atoms with Crippen molar-refractivity contribution in [3.63, 3.8) is 0 Å². The molecule has 0 unspecified atom stereocenters. The number of hydrogen-bond acceptors (Lipinski definition) is 6. The van der Waals surface area contributed by atoms with E-state index in [0.717, 1.165) is 18.8 Å². The van der Waals surface area contributed by atoms with Gasteiger partial charge >= 0.3 is 7.12 Å². The largest absolute Gasteiger partial charge is 0.495 e. The summed E-state index contributed by atoms with van der Waals surface area (Å²) >= 11 is 3.35. The number of methoxy groups -OCH3 is 1. The average Bonchev–Trinajstić information content (AvgIpc) is 3.05. The fourth-order valence-corrected chi connectivity index (χ4v) is 3.07. The van der Waals surface area contributed by atoms with Crippen molar-refractivity contribution in [2.45, 2.75) is 0 Å².